The number of hydrogen-bond acceptors (Lipinski definition) is 4. The lowest BCUT2D eigenvalue weighted by Gasteiger charge is -2.33. The summed E-state index contributed by atoms with van der Waals surface area (Å²) in [5.74, 6) is 0. The maximum Gasteiger partial charge on any atom is 0.0744 e. The Hall–Kier alpha value is -4.90. The Morgan fingerprint density at radius 3 is 2.00 bits per heavy atom. The van der Waals surface area contributed by atoms with E-state index >= 15 is 0 Å². The lowest BCUT2D eigenvalue weighted by atomic mass is 9.89. The van der Waals surface area contributed by atoms with Gasteiger partial charge in [0.1, 0.15) is 0 Å². The summed E-state index contributed by atoms with van der Waals surface area (Å²) in [6.45, 7) is 37.1. The lowest BCUT2D eigenvalue weighted by molar-refractivity contribution is 0.333. The minimum atomic E-state index is 0.108. The second kappa shape index (κ2) is 33.6. The second-order valence-electron chi connectivity index (χ2n) is 18.1. The van der Waals surface area contributed by atoms with Crippen molar-refractivity contribution in [3.05, 3.63) is 175 Å². The van der Waals surface area contributed by atoms with Crippen LogP contribution in [0.5, 0.6) is 0 Å². The zero-order valence-corrected chi connectivity index (χ0v) is 43.2. The number of nitrogens with zero attached hydrogens (tertiary/aromatic N) is 1. The summed E-state index contributed by atoms with van der Waals surface area (Å²) in [6.07, 6.45) is 23.3. The fraction of sp³-hybridized carbons (Fsp3) is 0.452. The first kappa shape index (κ1) is 57.2. The van der Waals surface area contributed by atoms with Crippen LogP contribution in [0, 0.1) is 0 Å². The predicted octanol–water partition coefficient (Wildman–Crippen LogP) is 16.3. The van der Waals surface area contributed by atoms with Crippen LogP contribution in [0.15, 0.2) is 147 Å². The number of benzene rings is 4. The molecule has 66 heavy (non-hydrogen) atoms. The van der Waals surface area contributed by atoms with Crippen molar-refractivity contribution >= 4 is 16.5 Å². The van der Waals surface area contributed by atoms with E-state index in [1.54, 1.807) is 0 Å². The number of likely N-dealkylation sites (N-methyl/N-ethyl adjacent to an activating group) is 2. The van der Waals surface area contributed by atoms with Crippen LogP contribution in [0.2, 0.25) is 0 Å². The van der Waals surface area contributed by atoms with Crippen molar-refractivity contribution in [3.63, 3.8) is 0 Å². The lowest BCUT2D eigenvalue weighted by Crippen LogP contribution is -2.28. The fourth-order valence-corrected chi connectivity index (χ4v) is 8.32. The summed E-state index contributed by atoms with van der Waals surface area (Å²) in [5, 5.41) is 12.6. The van der Waals surface area contributed by atoms with Crippen LogP contribution in [0.3, 0.4) is 0 Å². The number of allylic oxidation sites excluding steroid dienone is 2. The van der Waals surface area contributed by atoms with Crippen LogP contribution in [-0.4, -0.2) is 45.2 Å². The van der Waals surface area contributed by atoms with E-state index in [0.717, 1.165) is 80.6 Å². The number of hydrogen-bond donors (Lipinski definition) is 3. The van der Waals surface area contributed by atoms with Crippen LogP contribution in [0.25, 0.3) is 27.6 Å². The summed E-state index contributed by atoms with van der Waals surface area (Å²) in [5.41, 5.74) is 13.6. The van der Waals surface area contributed by atoms with Crippen molar-refractivity contribution in [1.29, 1.82) is 0 Å². The van der Waals surface area contributed by atoms with Crippen molar-refractivity contribution in [2.75, 3.05) is 34.2 Å². The van der Waals surface area contributed by atoms with Gasteiger partial charge in [-0.1, -0.05) is 182 Å². The van der Waals surface area contributed by atoms with Crippen LogP contribution in [0.1, 0.15) is 152 Å². The smallest absolute Gasteiger partial charge is 0.0744 e. The molecule has 0 fully saturated rings. The van der Waals surface area contributed by atoms with Crippen molar-refractivity contribution in [2.24, 2.45) is 0 Å². The maximum atomic E-state index is 4.41. The number of nitrogens with one attached hydrogen (secondary N) is 3. The number of unbranched alkanes of at least 4 members (excludes halogenated alkanes) is 8. The highest BCUT2D eigenvalue weighted by Gasteiger charge is 2.21. The summed E-state index contributed by atoms with van der Waals surface area (Å²) < 4.78 is 0. The minimum absolute atomic E-state index is 0.108. The molecule has 0 aliphatic heterocycles. The first-order valence-electron chi connectivity index (χ1n) is 25.3. The molecule has 4 aromatic rings. The third kappa shape index (κ3) is 20.7. The highest BCUT2D eigenvalue weighted by atomic mass is 15.1. The maximum absolute atomic E-state index is 4.41. The molecule has 0 aromatic heterocycles. The third-order valence-electron chi connectivity index (χ3n) is 12.5. The molecule has 0 heterocycles. The van der Waals surface area contributed by atoms with Gasteiger partial charge in [-0.2, -0.15) is 0 Å². The molecule has 4 nitrogen and oxygen atoms in total. The quantitative estimate of drug-likeness (QED) is 0.0360. The van der Waals surface area contributed by atoms with Gasteiger partial charge in [0.25, 0.3) is 0 Å². The van der Waals surface area contributed by atoms with Crippen LogP contribution >= 0.6 is 0 Å². The Kier molecular flexibility index (Phi) is 29.1. The molecule has 0 amide bonds. The van der Waals surface area contributed by atoms with Gasteiger partial charge in [-0.15, -0.1) is 13.2 Å². The van der Waals surface area contributed by atoms with Gasteiger partial charge in [0.2, 0.25) is 0 Å². The molecule has 0 aliphatic carbocycles. The van der Waals surface area contributed by atoms with Crippen LogP contribution < -0.4 is 16.0 Å². The highest BCUT2D eigenvalue weighted by molar-refractivity contribution is 5.86. The van der Waals surface area contributed by atoms with E-state index in [0.29, 0.717) is 0 Å². The summed E-state index contributed by atoms with van der Waals surface area (Å²) in [7, 11) is 6.17. The normalized spacial score (nSPS) is 11.6. The number of aryl methyl sites for hydroxylation is 2. The molecule has 3 N–H and O–H groups in total. The molecule has 0 aliphatic rings. The summed E-state index contributed by atoms with van der Waals surface area (Å²) in [4.78, 5) is 2.31. The van der Waals surface area contributed by atoms with Gasteiger partial charge >= 0.3 is 0 Å². The Labute approximate surface area is 405 Å². The monoisotopic (exact) mass is 893 g/mol. The molecule has 2 unspecified atom stereocenters. The van der Waals surface area contributed by atoms with Crippen LogP contribution in [-0.2, 0) is 19.3 Å². The molecule has 0 spiro atoms. The zero-order valence-electron chi connectivity index (χ0n) is 43.2. The van der Waals surface area contributed by atoms with Crippen molar-refractivity contribution < 1.29 is 0 Å². The van der Waals surface area contributed by atoms with Gasteiger partial charge in [0.15, 0.2) is 0 Å². The number of fused-ring (bicyclic) bond motifs is 1. The van der Waals surface area contributed by atoms with Gasteiger partial charge in [-0.05, 0) is 154 Å². The standard InChI is InChI=1S/C32H47N3.C26H37N.C4H8/c1-10-27-17-18-29(32(24(4)5)35(9)25(6)14-11-12-19-33-7)22-30(27)28-16-13-15-26(20-28)21-31(34-8)23(2)3;1-4-6-8-9-10-11-12-13-14-23-15-16-24-17-18-25(21-26(24)20-23)22(3)27-19-7-5-2;1-3-4-2/h13,15-18,20,22,31-34H,2,4,6,10-12,14,19,21H2,1,3,5,7-9H3;5,15-18,20-21,27H,2-4,6-14,19H2,1H3;3H,1,4H2,2H3. The van der Waals surface area contributed by atoms with E-state index in [9.17, 15) is 0 Å². The zero-order chi connectivity index (χ0) is 48.7. The van der Waals surface area contributed by atoms with E-state index < -0.39 is 0 Å². The van der Waals surface area contributed by atoms with E-state index in [2.05, 4.69) is 181 Å². The van der Waals surface area contributed by atoms with Gasteiger partial charge in [0, 0.05) is 31.0 Å². The Balaban J connectivity index is 0.000000431. The molecule has 0 radical (unpaired) electrons. The molecular formula is C62H92N4. The molecule has 0 saturated heterocycles. The molecule has 4 aromatic carbocycles. The summed E-state index contributed by atoms with van der Waals surface area (Å²) in [6, 6.07) is 29.8. The van der Waals surface area contributed by atoms with Gasteiger partial charge in [-0.3, -0.25) is 0 Å². The molecule has 2 atom stereocenters. The minimum Gasteiger partial charge on any atom is -0.385 e. The van der Waals surface area contributed by atoms with Gasteiger partial charge < -0.3 is 20.9 Å². The Morgan fingerprint density at radius 1 is 0.682 bits per heavy atom. The van der Waals surface area contributed by atoms with Gasteiger partial charge in [0.05, 0.1) is 6.04 Å². The van der Waals surface area contributed by atoms with E-state index in [-0.39, 0.29) is 12.1 Å². The average Bonchev–Trinajstić information content (AvgIpc) is 3.32. The fourth-order valence-electron chi connectivity index (χ4n) is 8.32. The third-order valence-corrected chi connectivity index (χ3v) is 12.5. The molecule has 0 bridgehead atoms. The van der Waals surface area contributed by atoms with E-state index in [4.69, 9.17) is 0 Å². The van der Waals surface area contributed by atoms with Crippen LogP contribution in [0.4, 0.5) is 0 Å². The highest BCUT2D eigenvalue weighted by Crippen LogP contribution is 2.35. The van der Waals surface area contributed by atoms with Gasteiger partial charge in [-0.25, -0.2) is 0 Å². The second-order valence-corrected chi connectivity index (χ2v) is 18.1. The first-order valence-corrected chi connectivity index (χ1v) is 25.3. The average molecular weight is 893 g/mol. The number of rotatable bonds is 30. The molecule has 4 rings (SSSR count). The van der Waals surface area contributed by atoms with Crippen molar-refractivity contribution in [1.82, 2.24) is 20.9 Å². The molecule has 0 saturated carbocycles. The Morgan fingerprint density at radius 2 is 1.38 bits per heavy atom. The molecule has 4 heteroatoms. The molecule has 360 valence electrons. The largest absolute Gasteiger partial charge is 0.385 e. The summed E-state index contributed by atoms with van der Waals surface area (Å²) >= 11 is 0. The van der Waals surface area contributed by atoms with E-state index in [1.807, 2.05) is 26.2 Å². The van der Waals surface area contributed by atoms with E-state index in [1.165, 1.54) is 108 Å². The topological polar surface area (TPSA) is 39.3 Å². The SMILES string of the molecule is C=C(C)C(Cc1cccc(-c2cc(C(C(=C)C)N(C)C(=C)CCCCNC)ccc2CC)c1)NC.C=CCC.C=CCCNC(=C)c1ccc2ccc(CCCCCCCCCC)cc2c1. The van der Waals surface area contributed by atoms with Crippen molar-refractivity contribution in [2.45, 2.75) is 149 Å². The Bertz CT molecular complexity index is 2070. The molecular weight excluding hydrogens is 801 g/mol. The first-order chi connectivity index (χ1) is 31.9. The van der Waals surface area contributed by atoms with Crippen molar-refractivity contribution in [3.8, 4) is 11.1 Å². The predicted molar refractivity (Wildman–Crippen MR) is 297 cm³/mol.